The molecule has 2 heterocycles. The summed E-state index contributed by atoms with van der Waals surface area (Å²) in [6.45, 7) is 2.23. The van der Waals surface area contributed by atoms with Crippen LogP contribution in [0.4, 0.5) is 0 Å². The highest BCUT2D eigenvalue weighted by Gasteiger charge is 2.18. The van der Waals surface area contributed by atoms with Crippen molar-refractivity contribution in [3.05, 3.63) is 11.7 Å². The van der Waals surface area contributed by atoms with Crippen LogP contribution in [0.25, 0.3) is 0 Å². The van der Waals surface area contributed by atoms with Crippen LogP contribution < -0.4 is 5.73 Å². The summed E-state index contributed by atoms with van der Waals surface area (Å²) in [6, 6.07) is 0. The fraction of sp³-hybridized carbons (Fsp3) is 0.778. The third-order valence-electron chi connectivity index (χ3n) is 2.36. The lowest BCUT2D eigenvalue weighted by atomic mass is 10.1. The second-order valence-electron chi connectivity index (χ2n) is 3.58. The molecule has 0 aliphatic carbocycles. The van der Waals surface area contributed by atoms with Crippen LogP contribution in [-0.2, 0) is 17.6 Å². The van der Waals surface area contributed by atoms with E-state index in [0.717, 1.165) is 31.9 Å². The Morgan fingerprint density at radius 1 is 1.50 bits per heavy atom. The van der Waals surface area contributed by atoms with Crippen LogP contribution in [0.15, 0.2) is 4.52 Å². The minimum absolute atomic E-state index is 0.550. The van der Waals surface area contributed by atoms with Gasteiger partial charge in [0.05, 0.1) is 0 Å². The van der Waals surface area contributed by atoms with Gasteiger partial charge in [-0.15, -0.1) is 0 Å². The molecule has 0 aromatic carbocycles. The summed E-state index contributed by atoms with van der Waals surface area (Å²) in [5.74, 6) is 1.98. The second-order valence-corrected chi connectivity index (χ2v) is 3.58. The number of nitrogens with two attached hydrogens (primary N) is 1. The Hall–Kier alpha value is -0.940. The molecule has 0 saturated carbocycles. The zero-order chi connectivity index (χ0) is 9.80. The summed E-state index contributed by atoms with van der Waals surface area (Å²) < 4.78 is 10.3. The SMILES string of the molecule is NCCc1nc(CC2CCOC2)no1. The van der Waals surface area contributed by atoms with Crippen molar-refractivity contribution in [2.45, 2.75) is 19.3 Å². The summed E-state index contributed by atoms with van der Waals surface area (Å²) in [4.78, 5) is 4.25. The van der Waals surface area contributed by atoms with Crippen molar-refractivity contribution in [3.8, 4) is 0 Å². The predicted octanol–water partition coefficient (Wildman–Crippen LogP) is 0.150. The third kappa shape index (κ3) is 2.30. The lowest BCUT2D eigenvalue weighted by Crippen LogP contribution is -2.06. The van der Waals surface area contributed by atoms with Crippen molar-refractivity contribution in [3.63, 3.8) is 0 Å². The molecular formula is C9H15N3O2. The quantitative estimate of drug-likeness (QED) is 0.743. The van der Waals surface area contributed by atoms with E-state index in [-0.39, 0.29) is 0 Å². The molecular weight excluding hydrogens is 182 g/mol. The molecule has 1 aromatic heterocycles. The number of rotatable bonds is 4. The van der Waals surface area contributed by atoms with Gasteiger partial charge in [0.15, 0.2) is 5.82 Å². The molecule has 0 bridgehead atoms. The first kappa shape index (κ1) is 9.61. The molecule has 0 amide bonds. The van der Waals surface area contributed by atoms with E-state index in [1.807, 2.05) is 0 Å². The third-order valence-corrected chi connectivity index (χ3v) is 2.36. The average molecular weight is 197 g/mol. The van der Waals surface area contributed by atoms with Gasteiger partial charge in [-0.3, -0.25) is 0 Å². The summed E-state index contributed by atoms with van der Waals surface area (Å²) in [7, 11) is 0. The molecule has 1 atom stereocenters. The van der Waals surface area contributed by atoms with Gasteiger partial charge in [-0.1, -0.05) is 5.16 Å². The summed E-state index contributed by atoms with van der Waals surface area (Å²) >= 11 is 0. The van der Waals surface area contributed by atoms with Crippen LogP contribution in [0.1, 0.15) is 18.1 Å². The zero-order valence-corrected chi connectivity index (χ0v) is 8.11. The van der Waals surface area contributed by atoms with Gasteiger partial charge in [-0.05, 0) is 12.3 Å². The minimum Gasteiger partial charge on any atom is -0.381 e. The Balaban J connectivity index is 1.88. The Morgan fingerprint density at radius 3 is 3.14 bits per heavy atom. The van der Waals surface area contributed by atoms with Gasteiger partial charge >= 0.3 is 0 Å². The standard InChI is InChI=1S/C9H15N3O2/c10-3-1-9-11-8(12-14-9)5-7-2-4-13-6-7/h7H,1-6,10H2. The lowest BCUT2D eigenvalue weighted by molar-refractivity contribution is 0.185. The fourth-order valence-corrected chi connectivity index (χ4v) is 1.60. The number of nitrogens with zero attached hydrogens (tertiary/aromatic N) is 2. The van der Waals surface area contributed by atoms with Crippen LogP contribution in [-0.4, -0.2) is 29.9 Å². The van der Waals surface area contributed by atoms with Gasteiger partial charge in [-0.25, -0.2) is 0 Å². The summed E-state index contributed by atoms with van der Waals surface area (Å²) in [6.07, 6.45) is 2.61. The highest BCUT2D eigenvalue weighted by Crippen LogP contribution is 2.16. The topological polar surface area (TPSA) is 74.2 Å². The molecule has 5 nitrogen and oxygen atoms in total. The van der Waals surface area contributed by atoms with E-state index in [4.69, 9.17) is 15.0 Å². The molecule has 0 radical (unpaired) electrons. The maximum absolute atomic E-state index is 5.39. The molecule has 2 rings (SSSR count). The van der Waals surface area contributed by atoms with Crippen molar-refractivity contribution in [2.24, 2.45) is 11.7 Å². The van der Waals surface area contributed by atoms with E-state index in [0.29, 0.717) is 24.8 Å². The van der Waals surface area contributed by atoms with Crippen molar-refractivity contribution >= 4 is 0 Å². The minimum atomic E-state index is 0.550. The van der Waals surface area contributed by atoms with Crippen molar-refractivity contribution in [1.82, 2.24) is 10.1 Å². The highest BCUT2D eigenvalue weighted by atomic mass is 16.5. The van der Waals surface area contributed by atoms with E-state index >= 15 is 0 Å². The molecule has 78 valence electrons. The largest absolute Gasteiger partial charge is 0.381 e. The number of ether oxygens (including phenoxy) is 1. The Morgan fingerprint density at radius 2 is 2.43 bits per heavy atom. The van der Waals surface area contributed by atoms with Crippen LogP contribution in [0.5, 0.6) is 0 Å². The second kappa shape index (κ2) is 4.52. The summed E-state index contributed by atoms with van der Waals surface area (Å²) in [5, 5.41) is 3.90. The number of hydrogen-bond acceptors (Lipinski definition) is 5. The van der Waals surface area contributed by atoms with Crippen LogP contribution in [0.2, 0.25) is 0 Å². The number of aromatic nitrogens is 2. The van der Waals surface area contributed by atoms with Gasteiger partial charge in [0.2, 0.25) is 5.89 Å². The maximum Gasteiger partial charge on any atom is 0.227 e. The molecule has 1 aliphatic heterocycles. The molecule has 1 saturated heterocycles. The maximum atomic E-state index is 5.39. The molecule has 5 heteroatoms. The number of hydrogen-bond donors (Lipinski definition) is 1. The first-order chi connectivity index (χ1) is 6.88. The van der Waals surface area contributed by atoms with E-state index in [1.54, 1.807) is 0 Å². The van der Waals surface area contributed by atoms with Crippen molar-refractivity contribution < 1.29 is 9.26 Å². The summed E-state index contributed by atoms with van der Waals surface area (Å²) in [5.41, 5.74) is 5.39. The molecule has 14 heavy (non-hydrogen) atoms. The molecule has 0 spiro atoms. The fourth-order valence-electron chi connectivity index (χ4n) is 1.60. The zero-order valence-electron chi connectivity index (χ0n) is 8.11. The van der Waals surface area contributed by atoms with Gasteiger partial charge in [-0.2, -0.15) is 4.98 Å². The van der Waals surface area contributed by atoms with Crippen LogP contribution in [0.3, 0.4) is 0 Å². The van der Waals surface area contributed by atoms with E-state index < -0.39 is 0 Å². The average Bonchev–Trinajstić information content (AvgIpc) is 2.79. The molecule has 2 N–H and O–H groups in total. The van der Waals surface area contributed by atoms with E-state index in [2.05, 4.69) is 10.1 Å². The van der Waals surface area contributed by atoms with Crippen LogP contribution in [0, 0.1) is 5.92 Å². The molecule has 1 fully saturated rings. The smallest absolute Gasteiger partial charge is 0.227 e. The lowest BCUT2D eigenvalue weighted by Gasteiger charge is -2.00. The molecule has 1 unspecified atom stereocenters. The van der Waals surface area contributed by atoms with Crippen LogP contribution >= 0.6 is 0 Å². The first-order valence-corrected chi connectivity index (χ1v) is 4.97. The molecule has 1 aromatic rings. The predicted molar refractivity (Wildman–Crippen MR) is 49.7 cm³/mol. The van der Waals surface area contributed by atoms with Gasteiger partial charge in [0.1, 0.15) is 0 Å². The van der Waals surface area contributed by atoms with Gasteiger partial charge in [0, 0.05) is 32.6 Å². The Labute approximate surface area is 82.6 Å². The van der Waals surface area contributed by atoms with E-state index in [1.165, 1.54) is 0 Å². The first-order valence-electron chi connectivity index (χ1n) is 4.97. The van der Waals surface area contributed by atoms with Crippen molar-refractivity contribution in [2.75, 3.05) is 19.8 Å². The highest BCUT2D eigenvalue weighted by molar-refractivity contribution is 4.89. The Bertz CT molecular complexity index is 281. The monoisotopic (exact) mass is 197 g/mol. The van der Waals surface area contributed by atoms with E-state index in [9.17, 15) is 0 Å². The Kier molecular flexibility index (Phi) is 3.10. The normalized spacial score (nSPS) is 21.6. The van der Waals surface area contributed by atoms with Gasteiger partial charge < -0.3 is 15.0 Å². The van der Waals surface area contributed by atoms with Gasteiger partial charge in [0.25, 0.3) is 0 Å². The van der Waals surface area contributed by atoms with Crippen molar-refractivity contribution in [1.29, 1.82) is 0 Å². The molecule has 1 aliphatic rings.